The lowest BCUT2D eigenvalue weighted by Crippen LogP contribution is -2.38. The molecule has 0 saturated carbocycles. The monoisotopic (exact) mass is 513 g/mol. The molecule has 4 rings (SSSR count). The molecule has 2 amide bonds. The Labute approximate surface area is 212 Å². The van der Waals surface area contributed by atoms with Crippen molar-refractivity contribution in [1.29, 1.82) is 5.41 Å². The summed E-state index contributed by atoms with van der Waals surface area (Å²) < 4.78 is 29.0. The highest BCUT2D eigenvalue weighted by atomic mass is 35.5. The summed E-state index contributed by atoms with van der Waals surface area (Å²) in [5, 5.41) is 10.7. The number of amidine groups is 1. The summed E-state index contributed by atoms with van der Waals surface area (Å²) in [6, 6.07) is 5.21. The zero-order chi connectivity index (χ0) is 26.0. The molecule has 2 aliphatic rings. The third kappa shape index (κ3) is 5.02. The minimum atomic E-state index is -0.889. The number of hydrogen-bond acceptors (Lipinski definition) is 5. The van der Waals surface area contributed by atoms with Gasteiger partial charge in [-0.2, -0.15) is 0 Å². The van der Waals surface area contributed by atoms with Crippen LogP contribution in [-0.4, -0.2) is 34.1 Å². The Hall–Kier alpha value is -3.59. The number of aromatic nitrogens is 1. The number of amides is 2. The molecule has 0 unspecified atom stereocenters. The van der Waals surface area contributed by atoms with E-state index in [1.54, 1.807) is 30.2 Å². The molecule has 36 heavy (non-hydrogen) atoms. The zero-order valence-electron chi connectivity index (χ0n) is 19.7. The molecule has 0 saturated heterocycles. The molecule has 2 aromatic rings. The van der Waals surface area contributed by atoms with Gasteiger partial charge in [0.1, 0.15) is 11.7 Å². The first-order chi connectivity index (χ1) is 17.2. The topological polar surface area (TPSA) is 112 Å². The van der Waals surface area contributed by atoms with Crippen LogP contribution in [0.5, 0.6) is 0 Å². The fourth-order valence-electron chi connectivity index (χ4n) is 4.63. The lowest BCUT2D eigenvalue weighted by Gasteiger charge is -2.34. The smallest absolute Gasteiger partial charge is 0.247 e. The summed E-state index contributed by atoms with van der Waals surface area (Å²) >= 11 is 5.84. The number of benzene rings is 1. The van der Waals surface area contributed by atoms with Gasteiger partial charge in [0.25, 0.3) is 0 Å². The normalized spacial score (nSPS) is 22.6. The summed E-state index contributed by atoms with van der Waals surface area (Å²) in [7, 11) is 0. The van der Waals surface area contributed by atoms with Gasteiger partial charge in [-0.15, -0.1) is 0 Å². The standard InChI is InChI=1S/C26H26ClF2N5O2/c1-14-3-2-4-21(20-11-15(7-9-32-20)17(13-30)25(31)33-26(14)36)34-10-8-16(12-22(34)35)23-19(28)6-5-18(27)24(23)29/h5-7,9,11-14,21H,2-4,8,10,30H2,1H3,(H2,31,33,36)/t14-,21+/m1/s1. The predicted octanol–water partition coefficient (Wildman–Crippen LogP) is 4.58. The Morgan fingerprint density at radius 2 is 2.03 bits per heavy atom. The molecule has 1 aromatic carbocycles. The van der Waals surface area contributed by atoms with E-state index in [0.29, 0.717) is 36.1 Å². The van der Waals surface area contributed by atoms with E-state index in [0.717, 1.165) is 12.1 Å². The largest absolute Gasteiger partial charge is 0.404 e. The van der Waals surface area contributed by atoms with Crippen LogP contribution in [0.15, 0.2) is 42.7 Å². The summed E-state index contributed by atoms with van der Waals surface area (Å²) in [6.45, 7) is 2.00. The molecule has 0 spiro atoms. The molecule has 7 nitrogen and oxygen atoms in total. The first kappa shape index (κ1) is 25.5. The Morgan fingerprint density at radius 1 is 1.25 bits per heavy atom. The average molecular weight is 514 g/mol. The lowest BCUT2D eigenvalue weighted by molar-refractivity contribution is -0.129. The molecular formula is C26H26ClF2N5O2. The minimum absolute atomic E-state index is 0.115. The van der Waals surface area contributed by atoms with E-state index in [4.69, 9.17) is 22.7 Å². The van der Waals surface area contributed by atoms with Gasteiger partial charge in [0.2, 0.25) is 11.8 Å². The van der Waals surface area contributed by atoms with Crippen LogP contribution >= 0.6 is 11.6 Å². The average Bonchev–Trinajstić information content (AvgIpc) is 2.85. The van der Waals surface area contributed by atoms with Crippen molar-refractivity contribution in [3.63, 3.8) is 0 Å². The van der Waals surface area contributed by atoms with Gasteiger partial charge >= 0.3 is 0 Å². The third-order valence-corrected chi connectivity index (χ3v) is 6.92. The molecule has 2 atom stereocenters. The highest BCUT2D eigenvalue weighted by molar-refractivity contribution is 6.31. The van der Waals surface area contributed by atoms with Gasteiger partial charge in [-0.05, 0) is 54.7 Å². The van der Waals surface area contributed by atoms with Crippen LogP contribution < -0.4 is 11.1 Å². The molecule has 1 aromatic heterocycles. The number of nitrogens with one attached hydrogen (secondary N) is 2. The summed E-state index contributed by atoms with van der Waals surface area (Å²) in [5.74, 6) is -2.81. The van der Waals surface area contributed by atoms with Gasteiger partial charge in [-0.3, -0.25) is 20.0 Å². The summed E-state index contributed by atoms with van der Waals surface area (Å²) in [4.78, 5) is 31.9. The van der Waals surface area contributed by atoms with Gasteiger partial charge in [0.15, 0.2) is 5.82 Å². The quantitative estimate of drug-likeness (QED) is 0.510. The number of carbonyl (C=O) groups is 2. The van der Waals surface area contributed by atoms with Crippen molar-refractivity contribution in [2.45, 2.75) is 38.6 Å². The van der Waals surface area contributed by atoms with Crippen molar-refractivity contribution in [2.24, 2.45) is 11.7 Å². The van der Waals surface area contributed by atoms with E-state index < -0.39 is 23.6 Å². The molecule has 188 valence electrons. The van der Waals surface area contributed by atoms with Gasteiger partial charge in [-0.25, -0.2) is 8.78 Å². The second kappa shape index (κ2) is 10.6. The Balaban J connectivity index is 1.71. The van der Waals surface area contributed by atoms with Gasteiger partial charge < -0.3 is 16.0 Å². The van der Waals surface area contributed by atoms with E-state index in [1.807, 2.05) is 0 Å². The van der Waals surface area contributed by atoms with E-state index in [2.05, 4.69) is 10.3 Å². The van der Waals surface area contributed by atoms with Crippen molar-refractivity contribution in [3.8, 4) is 0 Å². The number of hydrogen-bond donors (Lipinski definition) is 3. The zero-order valence-corrected chi connectivity index (χ0v) is 20.4. The first-order valence-electron chi connectivity index (χ1n) is 11.6. The van der Waals surface area contributed by atoms with Crippen LogP contribution in [0.4, 0.5) is 8.78 Å². The Morgan fingerprint density at radius 3 is 2.75 bits per heavy atom. The first-order valence-corrected chi connectivity index (χ1v) is 12.0. The number of halogens is 3. The van der Waals surface area contributed by atoms with Crippen LogP contribution in [-0.2, 0) is 9.59 Å². The van der Waals surface area contributed by atoms with Crippen molar-refractivity contribution >= 4 is 40.4 Å². The Bertz CT molecular complexity index is 1290. The summed E-state index contributed by atoms with van der Waals surface area (Å²) in [6.07, 6.45) is 5.99. The van der Waals surface area contributed by atoms with E-state index >= 15 is 0 Å². The van der Waals surface area contributed by atoms with Crippen molar-refractivity contribution in [1.82, 2.24) is 15.2 Å². The SMILES string of the molecule is C[C@@H]1CCC[C@H](N2CCC(c3c(F)ccc(Cl)c3F)=CC2=O)c2cc(ccn2)C(=CN)C(=N)NC1=O. The van der Waals surface area contributed by atoms with Crippen LogP contribution in [0.25, 0.3) is 11.1 Å². The third-order valence-electron chi connectivity index (χ3n) is 6.62. The number of fused-ring (bicyclic) bond motifs is 2. The molecule has 3 heterocycles. The van der Waals surface area contributed by atoms with E-state index in [1.165, 1.54) is 12.3 Å². The van der Waals surface area contributed by atoms with E-state index in [-0.39, 0.29) is 46.8 Å². The predicted molar refractivity (Wildman–Crippen MR) is 134 cm³/mol. The van der Waals surface area contributed by atoms with Crippen LogP contribution in [0, 0.1) is 23.0 Å². The van der Waals surface area contributed by atoms with Gasteiger partial charge in [0, 0.05) is 36.5 Å². The summed E-state index contributed by atoms with van der Waals surface area (Å²) in [5.41, 5.74) is 7.25. The van der Waals surface area contributed by atoms with Crippen LogP contribution in [0.2, 0.25) is 5.02 Å². The molecule has 0 aliphatic carbocycles. The van der Waals surface area contributed by atoms with Crippen molar-refractivity contribution < 1.29 is 18.4 Å². The molecule has 0 fully saturated rings. The lowest BCUT2D eigenvalue weighted by atomic mass is 9.93. The maximum Gasteiger partial charge on any atom is 0.247 e. The maximum atomic E-state index is 14.6. The molecule has 10 heteroatoms. The number of rotatable bonds is 2. The van der Waals surface area contributed by atoms with Gasteiger partial charge in [0.05, 0.1) is 22.3 Å². The molecule has 4 N–H and O–H groups in total. The number of carbonyl (C=O) groups excluding carboxylic acids is 2. The number of nitrogens with two attached hydrogens (primary N) is 1. The highest BCUT2D eigenvalue weighted by Gasteiger charge is 2.31. The number of nitrogens with zero attached hydrogens (tertiary/aromatic N) is 2. The molecular weight excluding hydrogens is 488 g/mol. The van der Waals surface area contributed by atoms with Crippen molar-refractivity contribution in [3.05, 3.63) is 76.2 Å². The van der Waals surface area contributed by atoms with Crippen LogP contribution in [0.1, 0.15) is 55.5 Å². The second-order valence-corrected chi connectivity index (χ2v) is 9.34. The fraction of sp³-hybridized carbons (Fsp3) is 0.308. The van der Waals surface area contributed by atoms with E-state index in [9.17, 15) is 18.4 Å². The van der Waals surface area contributed by atoms with Crippen molar-refractivity contribution in [2.75, 3.05) is 6.54 Å². The van der Waals surface area contributed by atoms with Gasteiger partial charge in [-0.1, -0.05) is 24.9 Å². The second-order valence-electron chi connectivity index (χ2n) is 8.93. The molecule has 2 aliphatic heterocycles. The van der Waals surface area contributed by atoms with Crippen LogP contribution in [0.3, 0.4) is 0 Å². The Kier molecular flexibility index (Phi) is 7.49. The highest BCUT2D eigenvalue weighted by Crippen LogP contribution is 2.35. The molecule has 0 radical (unpaired) electrons. The maximum absolute atomic E-state index is 14.6. The minimum Gasteiger partial charge on any atom is -0.404 e. The molecule has 2 bridgehead atoms. The fourth-order valence-corrected chi connectivity index (χ4v) is 4.79. The number of pyridine rings is 1.